The van der Waals surface area contributed by atoms with Gasteiger partial charge in [0.15, 0.2) is 5.55 Å². The van der Waals surface area contributed by atoms with E-state index in [0.29, 0.717) is 0 Å². The molecule has 108 valence electrons. The largest absolute Gasteiger partial charge is 0.301 e. The van der Waals surface area contributed by atoms with Gasteiger partial charge in [0.2, 0.25) is 0 Å². The lowest BCUT2D eigenvalue weighted by molar-refractivity contribution is 0.492. The second-order valence-corrected chi connectivity index (χ2v) is 16.7. The maximum Gasteiger partial charge on any atom is 0.188 e. The Morgan fingerprint density at radius 2 is 1.26 bits per heavy atom. The standard InChI is InChI=1S/C15H25OPS2/c1-17(16,18-14-8-10-2-4-12(14)6-10)19-15-9-11-3-5-13(15)7-11/h10-15H,2-9H2,1H3/t10-,11-,12+,13+,14-,15-/m0/s1. The summed E-state index contributed by atoms with van der Waals surface area (Å²) >= 11 is 3.81. The zero-order chi connectivity index (χ0) is 13.0. The van der Waals surface area contributed by atoms with Crippen LogP contribution in [0, 0.1) is 23.7 Å². The van der Waals surface area contributed by atoms with Crippen molar-refractivity contribution in [2.75, 3.05) is 6.66 Å². The smallest absolute Gasteiger partial charge is 0.188 e. The van der Waals surface area contributed by atoms with Gasteiger partial charge in [-0.2, -0.15) is 0 Å². The van der Waals surface area contributed by atoms with Crippen LogP contribution in [0.5, 0.6) is 0 Å². The highest BCUT2D eigenvalue weighted by molar-refractivity contribution is 8.90. The summed E-state index contributed by atoms with van der Waals surface area (Å²) in [7, 11) is 0. The summed E-state index contributed by atoms with van der Waals surface area (Å²) in [4.78, 5) is 0. The first-order valence-electron chi connectivity index (χ1n) is 8.03. The van der Waals surface area contributed by atoms with Gasteiger partial charge < -0.3 is 4.57 Å². The van der Waals surface area contributed by atoms with Crippen LogP contribution in [-0.2, 0) is 4.57 Å². The maximum absolute atomic E-state index is 13.0. The molecule has 0 heterocycles. The summed E-state index contributed by atoms with van der Waals surface area (Å²) in [5.41, 5.74) is -2.02. The number of hydrogen-bond acceptors (Lipinski definition) is 3. The summed E-state index contributed by atoms with van der Waals surface area (Å²) in [5.74, 6) is 3.78. The fraction of sp³-hybridized carbons (Fsp3) is 1.00. The second kappa shape index (κ2) is 4.99. The third kappa shape index (κ3) is 2.69. The van der Waals surface area contributed by atoms with Crippen molar-refractivity contribution < 1.29 is 4.57 Å². The van der Waals surface area contributed by atoms with Gasteiger partial charge in [0.25, 0.3) is 0 Å². The highest BCUT2D eigenvalue weighted by Crippen LogP contribution is 2.74. The van der Waals surface area contributed by atoms with E-state index < -0.39 is 5.55 Å². The van der Waals surface area contributed by atoms with Crippen molar-refractivity contribution in [1.29, 1.82) is 0 Å². The van der Waals surface area contributed by atoms with Crippen LogP contribution < -0.4 is 0 Å². The molecule has 0 unspecified atom stereocenters. The molecule has 0 aromatic heterocycles. The summed E-state index contributed by atoms with van der Waals surface area (Å²) < 4.78 is 13.0. The third-order valence-corrected chi connectivity index (χ3v) is 13.9. The molecule has 4 heteroatoms. The molecule has 0 aromatic carbocycles. The van der Waals surface area contributed by atoms with Crippen molar-refractivity contribution in [1.82, 2.24) is 0 Å². The van der Waals surface area contributed by atoms with Crippen LogP contribution >= 0.6 is 28.3 Å². The summed E-state index contributed by atoms with van der Waals surface area (Å²) in [6.45, 7) is 2.07. The molecular formula is C15H25OPS2. The van der Waals surface area contributed by atoms with E-state index in [1.807, 2.05) is 22.8 Å². The molecule has 19 heavy (non-hydrogen) atoms. The molecule has 0 spiro atoms. The molecular weight excluding hydrogens is 291 g/mol. The van der Waals surface area contributed by atoms with Gasteiger partial charge in [0, 0.05) is 17.2 Å². The molecule has 0 aliphatic heterocycles. The fourth-order valence-electron chi connectivity index (χ4n) is 5.15. The molecule has 6 atom stereocenters. The lowest BCUT2D eigenvalue weighted by Crippen LogP contribution is -2.14. The molecule has 0 aromatic rings. The van der Waals surface area contributed by atoms with E-state index in [1.54, 1.807) is 0 Å². The van der Waals surface area contributed by atoms with Gasteiger partial charge in [-0.25, -0.2) is 0 Å². The van der Waals surface area contributed by atoms with E-state index in [0.717, 1.165) is 34.2 Å². The van der Waals surface area contributed by atoms with Crippen LogP contribution in [0.2, 0.25) is 0 Å². The molecule has 4 rings (SSSR count). The Kier molecular flexibility index (Phi) is 3.57. The average Bonchev–Trinajstić information content (AvgIpc) is 3.06. The van der Waals surface area contributed by atoms with E-state index >= 15 is 0 Å². The Hall–Kier alpha value is 0.930. The fourth-order valence-corrected chi connectivity index (χ4v) is 14.8. The van der Waals surface area contributed by atoms with Crippen LogP contribution in [0.15, 0.2) is 0 Å². The molecule has 0 amide bonds. The van der Waals surface area contributed by atoms with E-state index in [4.69, 9.17) is 0 Å². The maximum atomic E-state index is 13.0. The number of rotatable bonds is 4. The third-order valence-electron chi connectivity index (χ3n) is 6.00. The Morgan fingerprint density at radius 1 is 0.789 bits per heavy atom. The Balaban J connectivity index is 1.36. The first-order valence-corrected chi connectivity index (χ1v) is 13.2. The van der Waals surface area contributed by atoms with Gasteiger partial charge in [0.1, 0.15) is 0 Å². The van der Waals surface area contributed by atoms with Crippen molar-refractivity contribution in [3.63, 3.8) is 0 Å². The van der Waals surface area contributed by atoms with Gasteiger partial charge in [0.05, 0.1) is 0 Å². The molecule has 4 bridgehead atoms. The van der Waals surface area contributed by atoms with Crippen LogP contribution in [0.4, 0.5) is 0 Å². The number of fused-ring (bicyclic) bond motifs is 4. The molecule has 4 aliphatic carbocycles. The van der Waals surface area contributed by atoms with Crippen LogP contribution in [0.1, 0.15) is 51.4 Å². The van der Waals surface area contributed by atoms with E-state index in [1.165, 1.54) is 51.4 Å². The quantitative estimate of drug-likeness (QED) is 0.624. The molecule has 0 radical (unpaired) electrons. The molecule has 4 saturated carbocycles. The lowest BCUT2D eigenvalue weighted by Gasteiger charge is -2.28. The SMILES string of the molecule is CP(=O)(S[C@H]1C[C@H]2CC[C@@H]1C2)S[C@H]1C[C@H]2CC[C@@H]1C2. The highest BCUT2D eigenvalue weighted by atomic mass is 33.1. The summed E-state index contributed by atoms with van der Waals surface area (Å²) in [6, 6.07) is 0. The molecule has 0 N–H and O–H groups in total. The van der Waals surface area contributed by atoms with Crippen molar-refractivity contribution in [2.24, 2.45) is 23.7 Å². The lowest BCUT2D eigenvalue weighted by atomic mass is 10.0. The van der Waals surface area contributed by atoms with Gasteiger partial charge >= 0.3 is 0 Å². The molecule has 4 fully saturated rings. The highest BCUT2D eigenvalue weighted by Gasteiger charge is 2.45. The first-order chi connectivity index (χ1) is 9.09. The predicted molar refractivity (Wildman–Crippen MR) is 87.2 cm³/mol. The summed E-state index contributed by atoms with van der Waals surface area (Å²) in [5, 5.41) is 1.47. The van der Waals surface area contributed by atoms with Crippen molar-refractivity contribution >= 4 is 28.3 Å². The van der Waals surface area contributed by atoms with E-state index in [-0.39, 0.29) is 0 Å². The first kappa shape index (κ1) is 13.6. The Morgan fingerprint density at radius 3 is 1.58 bits per heavy atom. The van der Waals surface area contributed by atoms with E-state index in [9.17, 15) is 4.57 Å². The van der Waals surface area contributed by atoms with Crippen LogP contribution in [-0.4, -0.2) is 17.2 Å². The van der Waals surface area contributed by atoms with E-state index in [2.05, 4.69) is 6.66 Å². The second-order valence-electron chi connectivity index (χ2n) is 7.41. The number of hydrogen-bond donors (Lipinski definition) is 0. The normalized spacial score (nSPS) is 48.3. The topological polar surface area (TPSA) is 17.1 Å². The molecule has 4 aliphatic rings. The zero-order valence-corrected chi connectivity index (χ0v) is 14.3. The van der Waals surface area contributed by atoms with Crippen molar-refractivity contribution in [2.45, 2.75) is 61.9 Å². The minimum atomic E-state index is -2.02. The van der Waals surface area contributed by atoms with Gasteiger partial charge in [-0.3, -0.25) is 0 Å². The zero-order valence-electron chi connectivity index (χ0n) is 11.8. The van der Waals surface area contributed by atoms with Crippen LogP contribution in [0.3, 0.4) is 0 Å². The summed E-state index contributed by atoms with van der Waals surface area (Å²) in [6.07, 6.45) is 11.4. The van der Waals surface area contributed by atoms with Gasteiger partial charge in [-0.1, -0.05) is 35.6 Å². The average molecular weight is 316 g/mol. The van der Waals surface area contributed by atoms with Gasteiger partial charge in [-0.15, -0.1) is 0 Å². The molecule has 0 saturated heterocycles. The monoisotopic (exact) mass is 316 g/mol. The Bertz CT molecular complexity index is 379. The van der Waals surface area contributed by atoms with Crippen molar-refractivity contribution in [3.8, 4) is 0 Å². The Labute approximate surface area is 125 Å². The molecule has 1 nitrogen and oxygen atoms in total. The van der Waals surface area contributed by atoms with Crippen molar-refractivity contribution in [3.05, 3.63) is 0 Å². The van der Waals surface area contributed by atoms with Gasteiger partial charge in [-0.05, 0) is 62.2 Å². The minimum Gasteiger partial charge on any atom is -0.301 e. The minimum absolute atomic E-state index is 0.737. The predicted octanol–water partition coefficient (Wildman–Crippen LogP) is 5.65. The van der Waals surface area contributed by atoms with Crippen LogP contribution in [0.25, 0.3) is 0 Å².